The SMILES string of the molecule is O=C1CCC(C(=O)N2CCN(C(=O)c3ccsc3)CC2)n2cccc21. The first-order valence-electron chi connectivity index (χ1n) is 8.45. The lowest BCUT2D eigenvalue weighted by Gasteiger charge is -2.37. The number of carbonyl (C=O) groups is 3. The summed E-state index contributed by atoms with van der Waals surface area (Å²) < 4.78 is 1.80. The van der Waals surface area contributed by atoms with E-state index >= 15 is 0 Å². The number of aromatic nitrogens is 1. The van der Waals surface area contributed by atoms with Crippen LogP contribution in [0.3, 0.4) is 0 Å². The molecule has 0 saturated carbocycles. The van der Waals surface area contributed by atoms with Crippen molar-refractivity contribution in [2.24, 2.45) is 0 Å². The highest BCUT2D eigenvalue weighted by atomic mass is 32.1. The molecule has 1 fully saturated rings. The molecule has 2 aliphatic heterocycles. The third-order valence-corrected chi connectivity index (χ3v) is 5.66. The Bertz CT molecular complexity index is 803. The van der Waals surface area contributed by atoms with Gasteiger partial charge in [0, 0.05) is 44.2 Å². The van der Waals surface area contributed by atoms with Crippen LogP contribution in [0.1, 0.15) is 39.7 Å². The van der Waals surface area contributed by atoms with Gasteiger partial charge in [0.25, 0.3) is 5.91 Å². The van der Waals surface area contributed by atoms with Crippen molar-refractivity contribution in [1.29, 1.82) is 0 Å². The average molecular weight is 357 g/mol. The molecule has 25 heavy (non-hydrogen) atoms. The zero-order valence-electron chi connectivity index (χ0n) is 13.8. The minimum Gasteiger partial charge on any atom is -0.337 e. The third kappa shape index (κ3) is 2.89. The Morgan fingerprint density at radius 2 is 1.84 bits per heavy atom. The van der Waals surface area contributed by atoms with Crippen molar-refractivity contribution in [2.75, 3.05) is 26.2 Å². The second kappa shape index (κ2) is 6.48. The predicted octanol–water partition coefficient (Wildman–Crippen LogP) is 2.05. The molecule has 0 aliphatic carbocycles. The van der Waals surface area contributed by atoms with E-state index in [2.05, 4.69) is 0 Å². The van der Waals surface area contributed by atoms with E-state index in [1.165, 1.54) is 11.3 Å². The standard InChI is InChI=1S/C18H19N3O3S/c22-16-4-3-15(21-6-1-2-14(16)21)18(24)20-9-7-19(8-10-20)17(23)13-5-11-25-12-13/h1-2,5-6,11-12,15H,3-4,7-10H2. The quantitative estimate of drug-likeness (QED) is 0.826. The summed E-state index contributed by atoms with van der Waals surface area (Å²) >= 11 is 1.51. The van der Waals surface area contributed by atoms with Crippen LogP contribution < -0.4 is 0 Å². The van der Waals surface area contributed by atoms with Crippen LogP contribution in [0.5, 0.6) is 0 Å². The summed E-state index contributed by atoms with van der Waals surface area (Å²) in [6.07, 6.45) is 2.77. The number of amides is 2. The number of piperazine rings is 1. The molecular weight excluding hydrogens is 338 g/mol. The van der Waals surface area contributed by atoms with Crippen LogP contribution in [0.15, 0.2) is 35.2 Å². The average Bonchev–Trinajstić information content (AvgIpc) is 3.33. The molecule has 1 saturated heterocycles. The minimum atomic E-state index is -0.304. The van der Waals surface area contributed by atoms with Crippen LogP contribution in [-0.2, 0) is 4.79 Å². The Morgan fingerprint density at radius 3 is 2.56 bits per heavy atom. The third-order valence-electron chi connectivity index (χ3n) is 4.98. The van der Waals surface area contributed by atoms with E-state index in [0.717, 1.165) is 0 Å². The van der Waals surface area contributed by atoms with E-state index in [4.69, 9.17) is 0 Å². The lowest BCUT2D eigenvalue weighted by atomic mass is 10.0. The minimum absolute atomic E-state index is 0.0318. The Kier molecular flexibility index (Phi) is 4.17. The predicted molar refractivity (Wildman–Crippen MR) is 93.8 cm³/mol. The highest BCUT2D eigenvalue weighted by Crippen LogP contribution is 2.27. The number of rotatable bonds is 2. The smallest absolute Gasteiger partial charge is 0.254 e. The van der Waals surface area contributed by atoms with Gasteiger partial charge in [0.05, 0.1) is 11.3 Å². The van der Waals surface area contributed by atoms with Crippen LogP contribution in [0, 0.1) is 0 Å². The lowest BCUT2D eigenvalue weighted by molar-refractivity contribution is -0.136. The number of hydrogen-bond donors (Lipinski definition) is 0. The lowest BCUT2D eigenvalue weighted by Crippen LogP contribution is -2.52. The maximum absolute atomic E-state index is 12.9. The van der Waals surface area contributed by atoms with E-state index in [1.807, 2.05) is 34.0 Å². The van der Waals surface area contributed by atoms with Gasteiger partial charge in [0.2, 0.25) is 5.91 Å². The molecule has 130 valence electrons. The van der Waals surface area contributed by atoms with E-state index in [0.29, 0.717) is 50.3 Å². The van der Waals surface area contributed by atoms with Crippen LogP contribution in [0.2, 0.25) is 0 Å². The molecule has 4 rings (SSSR count). The number of Topliss-reactive ketones (excluding diaryl/α,β-unsaturated/α-hetero) is 1. The van der Waals surface area contributed by atoms with Crippen LogP contribution >= 0.6 is 11.3 Å². The van der Waals surface area contributed by atoms with Gasteiger partial charge in [-0.2, -0.15) is 11.3 Å². The molecule has 2 aliphatic rings. The number of hydrogen-bond acceptors (Lipinski definition) is 4. The molecule has 0 radical (unpaired) electrons. The number of fused-ring (bicyclic) bond motifs is 1. The Hall–Kier alpha value is -2.41. The largest absolute Gasteiger partial charge is 0.337 e. The Balaban J connectivity index is 1.42. The van der Waals surface area contributed by atoms with Gasteiger partial charge < -0.3 is 14.4 Å². The molecule has 1 atom stereocenters. The van der Waals surface area contributed by atoms with Crippen LogP contribution in [-0.4, -0.2) is 58.1 Å². The van der Waals surface area contributed by atoms with Crippen molar-refractivity contribution in [3.05, 3.63) is 46.4 Å². The zero-order valence-corrected chi connectivity index (χ0v) is 14.6. The van der Waals surface area contributed by atoms with Crippen molar-refractivity contribution < 1.29 is 14.4 Å². The van der Waals surface area contributed by atoms with E-state index in [9.17, 15) is 14.4 Å². The normalized spacial score (nSPS) is 20.5. The number of thiophene rings is 1. The second-order valence-electron chi connectivity index (χ2n) is 6.41. The molecular formula is C18H19N3O3S. The van der Waals surface area contributed by atoms with Crippen LogP contribution in [0.25, 0.3) is 0 Å². The molecule has 2 aromatic rings. The van der Waals surface area contributed by atoms with Gasteiger partial charge in [-0.1, -0.05) is 0 Å². The zero-order chi connectivity index (χ0) is 17.4. The highest BCUT2D eigenvalue weighted by molar-refractivity contribution is 7.08. The molecule has 2 aromatic heterocycles. The summed E-state index contributed by atoms with van der Waals surface area (Å²) in [5.41, 5.74) is 1.34. The van der Waals surface area contributed by atoms with Gasteiger partial charge >= 0.3 is 0 Å². The van der Waals surface area contributed by atoms with Crippen molar-refractivity contribution in [2.45, 2.75) is 18.9 Å². The van der Waals surface area contributed by atoms with Gasteiger partial charge in [-0.3, -0.25) is 14.4 Å². The van der Waals surface area contributed by atoms with Gasteiger partial charge in [-0.15, -0.1) is 0 Å². The molecule has 7 heteroatoms. The van der Waals surface area contributed by atoms with Gasteiger partial charge in [-0.05, 0) is 30.0 Å². The van der Waals surface area contributed by atoms with E-state index in [1.54, 1.807) is 15.5 Å². The Labute approximate surface area is 149 Å². The molecule has 6 nitrogen and oxygen atoms in total. The number of nitrogens with zero attached hydrogens (tertiary/aromatic N) is 3. The summed E-state index contributed by atoms with van der Waals surface area (Å²) in [5, 5.41) is 3.75. The molecule has 0 spiro atoms. The van der Waals surface area contributed by atoms with Crippen molar-refractivity contribution in [3.63, 3.8) is 0 Å². The molecule has 0 bridgehead atoms. The molecule has 1 unspecified atom stereocenters. The summed E-state index contributed by atoms with van der Waals surface area (Å²) in [6, 6.07) is 5.12. The molecule has 0 N–H and O–H groups in total. The maximum Gasteiger partial charge on any atom is 0.254 e. The molecule has 0 aromatic carbocycles. The second-order valence-corrected chi connectivity index (χ2v) is 7.19. The number of ketones is 1. The first-order chi connectivity index (χ1) is 12.1. The van der Waals surface area contributed by atoms with E-state index < -0.39 is 0 Å². The summed E-state index contributed by atoms with van der Waals surface area (Å²) in [5.74, 6) is 0.178. The highest BCUT2D eigenvalue weighted by Gasteiger charge is 2.34. The van der Waals surface area contributed by atoms with Crippen LogP contribution in [0.4, 0.5) is 0 Å². The fourth-order valence-corrected chi connectivity index (χ4v) is 4.22. The first-order valence-corrected chi connectivity index (χ1v) is 9.40. The molecule has 2 amide bonds. The Morgan fingerprint density at radius 1 is 1.08 bits per heavy atom. The van der Waals surface area contributed by atoms with Gasteiger partial charge in [0.1, 0.15) is 6.04 Å². The van der Waals surface area contributed by atoms with Crippen molar-refractivity contribution in [3.8, 4) is 0 Å². The topological polar surface area (TPSA) is 62.6 Å². The van der Waals surface area contributed by atoms with Crippen molar-refractivity contribution >= 4 is 28.9 Å². The summed E-state index contributed by atoms with van der Waals surface area (Å²) in [4.78, 5) is 40.9. The fourth-order valence-electron chi connectivity index (χ4n) is 3.59. The van der Waals surface area contributed by atoms with E-state index in [-0.39, 0.29) is 23.6 Å². The van der Waals surface area contributed by atoms with Gasteiger partial charge in [-0.25, -0.2) is 0 Å². The summed E-state index contributed by atoms with van der Waals surface area (Å²) in [7, 11) is 0. The maximum atomic E-state index is 12.9. The van der Waals surface area contributed by atoms with Crippen molar-refractivity contribution in [1.82, 2.24) is 14.4 Å². The summed E-state index contributed by atoms with van der Waals surface area (Å²) in [6.45, 7) is 2.17. The fraction of sp³-hybridized carbons (Fsp3) is 0.389. The first kappa shape index (κ1) is 16.1. The molecule has 4 heterocycles. The number of carbonyl (C=O) groups excluding carboxylic acids is 3. The van der Waals surface area contributed by atoms with Gasteiger partial charge in [0.15, 0.2) is 5.78 Å². The monoisotopic (exact) mass is 357 g/mol.